The van der Waals surface area contributed by atoms with Crippen molar-refractivity contribution < 1.29 is 28.9 Å². The Morgan fingerprint density at radius 3 is 2.32 bits per heavy atom. The first-order valence-electron chi connectivity index (χ1n) is 14.1. The Kier molecular flexibility index (Phi) is 10.0. The summed E-state index contributed by atoms with van der Waals surface area (Å²) >= 11 is 0. The molecule has 0 spiro atoms. The third-order valence-electron chi connectivity index (χ3n) is 6.78. The van der Waals surface area contributed by atoms with Gasteiger partial charge in [0.1, 0.15) is 11.5 Å². The lowest BCUT2D eigenvalue weighted by Crippen LogP contribution is -2.29. The number of ketones is 1. The maximum Gasteiger partial charge on any atom is 0.295 e. The number of carbonyl (C=O) groups is 2. The van der Waals surface area contributed by atoms with E-state index in [1.54, 1.807) is 60.9 Å². The number of aromatic nitrogens is 1. The van der Waals surface area contributed by atoms with Gasteiger partial charge in [-0.1, -0.05) is 26.8 Å². The molecule has 1 aliphatic heterocycles. The molecule has 2 aromatic carbocycles. The van der Waals surface area contributed by atoms with Gasteiger partial charge in [0.05, 0.1) is 31.4 Å². The van der Waals surface area contributed by atoms with Gasteiger partial charge in [-0.2, -0.15) is 0 Å². The highest BCUT2D eigenvalue weighted by atomic mass is 16.5. The summed E-state index contributed by atoms with van der Waals surface area (Å²) in [7, 11) is 0. The largest absolute Gasteiger partial charge is 0.507 e. The molecule has 216 valence electrons. The van der Waals surface area contributed by atoms with E-state index in [2.05, 4.69) is 18.8 Å². The van der Waals surface area contributed by atoms with Crippen LogP contribution in [-0.4, -0.2) is 46.5 Å². The van der Waals surface area contributed by atoms with Gasteiger partial charge in [0.2, 0.25) is 0 Å². The predicted octanol–water partition coefficient (Wildman–Crippen LogP) is 6.32. The highest BCUT2D eigenvalue weighted by Gasteiger charge is 2.46. The fourth-order valence-corrected chi connectivity index (χ4v) is 4.65. The average Bonchev–Trinajstić information content (AvgIpc) is 3.22. The summed E-state index contributed by atoms with van der Waals surface area (Å²) in [6, 6.07) is 15.0. The second kappa shape index (κ2) is 13.8. The standard InChI is InChI=1S/C33H38N2O6/c1-5-18-40-26-10-7-24(8-11-26)31(36)29-30(35(33(38)32(29)37)21-23-13-16-34-17-14-23)25-9-12-27(28(20-25)39-6-2)41-19-15-22(3)4/h7-14,16-17,20,22,30,36H,5-6,15,18-19,21H2,1-4H3/b31-29+. The number of hydrogen-bond acceptors (Lipinski definition) is 7. The minimum atomic E-state index is -0.844. The van der Waals surface area contributed by atoms with Crippen LogP contribution in [0.4, 0.5) is 0 Å². The molecule has 2 heterocycles. The lowest BCUT2D eigenvalue weighted by atomic mass is 9.94. The zero-order valence-corrected chi connectivity index (χ0v) is 24.1. The van der Waals surface area contributed by atoms with Gasteiger partial charge < -0.3 is 24.2 Å². The van der Waals surface area contributed by atoms with Crippen LogP contribution in [-0.2, 0) is 16.1 Å². The van der Waals surface area contributed by atoms with Gasteiger partial charge in [0.15, 0.2) is 11.5 Å². The molecule has 0 radical (unpaired) electrons. The molecular weight excluding hydrogens is 520 g/mol. The van der Waals surface area contributed by atoms with Gasteiger partial charge in [0.25, 0.3) is 11.7 Å². The second-order valence-corrected chi connectivity index (χ2v) is 10.3. The molecule has 0 saturated carbocycles. The van der Waals surface area contributed by atoms with Crippen LogP contribution in [0.25, 0.3) is 5.76 Å². The van der Waals surface area contributed by atoms with Crippen molar-refractivity contribution in [3.8, 4) is 17.2 Å². The van der Waals surface area contributed by atoms with Crippen LogP contribution in [0.3, 0.4) is 0 Å². The van der Waals surface area contributed by atoms with Gasteiger partial charge in [-0.25, -0.2) is 0 Å². The average molecular weight is 559 g/mol. The number of Topliss-reactive ketones (excluding diaryl/α,β-unsaturated/α-hetero) is 1. The molecule has 8 heteroatoms. The van der Waals surface area contributed by atoms with E-state index in [-0.39, 0.29) is 17.9 Å². The van der Waals surface area contributed by atoms with Gasteiger partial charge >= 0.3 is 0 Å². The van der Waals surface area contributed by atoms with Crippen molar-refractivity contribution in [3.63, 3.8) is 0 Å². The number of likely N-dealkylation sites (tertiary alicyclic amines) is 1. The molecule has 4 rings (SSSR count). The lowest BCUT2D eigenvalue weighted by molar-refractivity contribution is -0.140. The molecule has 0 bridgehead atoms. The van der Waals surface area contributed by atoms with Crippen LogP contribution >= 0.6 is 0 Å². The van der Waals surface area contributed by atoms with Crippen molar-refractivity contribution in [1.29, 1.82) is 0 Å². The van der Waals surface area contributed by atoms with E-state index in [0.717, 1.165) is 18.4 Å². The zero-order chi connectivity index (χ0) is 29.4. The van der Waals surface area contributed by atoms with E-state index in [4.69, 9.17) is 14.2 Å². The molecule has 41 heavy (non-hydrogen) atoms. The fraction of sp³-hybridized carbons (Fsp3) is 0.364. The molecule has 1 unspecified atom stereocenters. The highest BCUT2D eigenvalue weighted by molar-refractivity contribution is 6.46. The number of amides is 1. The Balaban J connectivity index is 1.78. The number of hydrogen-bond donors (Lipinski definition) is 1. The molecule has 8 nitrogen and oxygen atoms in total. The number of carbonyl (C=O) groups excluding carboxylic acids is 2. The van der Waals surface area contributed by atoms with E-state index in [1.807, 2.05) is 19.9 Å². The fourth-order valence-electron chi connectivity index (χ4n) is 4.65. The van der Waals surface area contributed by atoms with E-state index in [9.17, 15) is 14.7 Å². The smallest absolute Gasteiger partial charge is 0.295 e. The van der Waals surface area contributed by atoms with Gasteiger partial charge in [-0.15, -0.1) is 0 Å². The molecule has 1 amide bonds. The minimum Gasteiger partial charge on any atom is -0.507 e. The number of pyridine rings is 1. The zero-order valence-electron chi connectivity index (χ0n) is 24.1. The van der Waals surface area contributed by atoms with Crippen molar-refractivity contribution >= 4 is 17.4 Å². The molecule has 1 aromatic heterocycles. The van der Waals surface area contributed by atoms with Crippen molar-refractivity contribution in [3.05, 3.63) is 89.3 Å². The summed E-state index contributed by atoms with van der Waals surface area (Å²) in [4.78, 5) is 32.5. The molecule has 0 aliphatic carbocycles. The molecule has 1 saturated heterocycles. The van der Waals surface area contributed by atoms with Gasteiger partial charge in [-0.3, -0.25) is 14.6 Å². The number of aliphatic hydroxyl groups is 1. The number of aliphatic hydroxyl groups excluding tert-OH is 1. The third-order valence-corrected chi connectivity index (χ3v) is 6.78. The summed E-state index contributed by atoms with van der Waals surface area (Å²) in [5.74, 6) is 0.570. The van der Waals surface area contributed by atoms with Crippen molar-refractivity contribution in [2.24, 2.45) is 5.92 Å². The molecule has 1 fully saturated rings. The molecular formula is C33H38N2O6. The maximum atomic E-state index is 13.5. The van der Waals surface area contributed by atoms with Crippen LogP contribution in [0, 0.1) is 5.92 Å². The number of ether oxygens (including phenoxy) is 3. The van der Waals surface area contributed by atoms with E-state index >= 15 is 0 Å². The minimum absolute atomic E-state index is 0.0159. The third kappa shape index (κ3) is 7.06. The SMILES string of the molecule is CCCOc1ccc(/C(O)=C2\C(=O)C(=O)N(Cc3ccncc3)C2c2ccc(OCCC(C)C)c(OCC)c2)cc1. The Morgan fingerprint density at radius 2 is 1.66 bits per heavy atom. The Morgan fingerprint density at radius 1 is 0.927 bits per heavy atom. The molecule has 1 aliphatic rings. The normalized spacial score (nSPS) is 16.3. The van der Waals surface area contributed by atoms with Gasteiger partial charge in [0, 0.05) is 24.5 Å². The predicted molar refractivity (Wildman–Crippen MR) is 157 cm³/mol. The van der Waals surface area contributed by atoms with Crippen LogP contribution in [0.5, 0.6) is 17.2 Å². The van der Waals surface area contributed by atoms with Crippen molar-refractivity contribution in [2.75, 3.05) is 19.8 Å². The van der Waals surface area contributed by atoms with Crippen molar-refractivity contribution in [1.82, 2.24) is 9.88 Å². The molecule has 1 atom stereocenters. The summed E-state index contributed by atoms with van der Waals surface area (Å²) in [6.45, 7) is 9.85. The maximum absolute atomic E-state index is 13.5. The first-order valence-corrected chi connectivity index (χ1v) is 14.1. The number of rotatable bonds is 13. The quantitative estimate of drug-likeness (QED) is 0.149. The number of nitrogens with zero attached hydrogens (tertiary/aromatic N) is 2. The van der Waals surface area contributed by atoms with Crippen LogP contribution in [0.15, 0.2) is 72.6 Å². The summed E-state index contributed by atoms with van der Waals surface area (Å²) < 4.78 is 17.6. The lowest BCUT2D eigenvalue weighted by Gasteiger charge is -2.26. The van der Waals surface area contributed by atoms with E-state index in [1.165, 1.54) is 4.90 Å². The molecule has 3 aromatic rings. The van der Waals surface area contributed by atoms with Crippen molar-refractivity contribution in [2.45, 2.75) is 53.1 Å². The van der Waals surface area contributed by atoms with Crippen LogP contribution in [0.1, 0.15) is 63.3 Å². The summed E-state index contributed by atoms with van der Waals surface area (Å²) in [5, 5.41) is 11.5. The second-order valence-electron chi connectivity index (χ2n) is 10.3. The van der Waals surface area contributed by atoms with Crippen LogP contribution in [0.2, 0.25) is 0 Å². The van der Waals surface area contributed by atoms with E-state index in [0.29, 0.717) is 54.1 Å². The first kappa shape index (κ1) is 29.6. The Hall–Kier alpha value is -4.33. The molecule has 1 N–H and O–H groups in total. The number of benzene rings is 2. The first-order chi connectivity index (χ1) is 19.8. The summed E-state index contributed by atoms with van der Waals surface area (Å²) in [5.41, 5.74) is 1.87. The van der Waals surface area contributed by atoms with Crippen LogP contribution < -0.4 is 14.2 Å². The Bertz CT molecular complexity index is 1370. The van der Waals surface area contributed by atoms with E-state index < -0.39 is 17.7 Å². The summed E-state index contributed by atoms with van der Waals surface area (Å²) in [6.07, 6.45) is 5.04. The highest BCUT2D eigenvalue weighted by Crippen LogP contribution is 2.43. The Labute approximate surface area is 241 Å². The van der Waals surface area contributed by atoms with Gasteiger partial charge in [-0.05, 0) is 85.3 Å². The topological polar surface area (TPSA) is 98.2 Å². The monoisotopic (exact) mass is 558 g/mol.